The molecule has 0 saturated heterocycles. The lowest BCUT2D eigenvalue weighted by Gasteiger charge is -2.09. The molecule has 0 fully saturated rings. The molecule has 4 aromatic rings. The second kappa shape index (κ2) is 10.2. The highest BCUT2D eigenvalue weighted by Gasteiger charge is 2.15. The quantitative estimate of drug-likeness (QED) is 0.269. The van der Waals surface area contributed by atoms with Crippen LogP contribution in [0.5, 0.6) is 5.75 Å². The molecule has 33 heavy (non-hydrogen) atoms. The van der Waals surface area contributed by atoms with Crippen molar-refractivity contribution >= 4 is 69.9 Å². The van der Waals surface area contributed by atoms with Crippen LogP contribution in [0.1, 0.15) is 21.9 Å². The Balaban J connectivity index is 1.36. The van der Waals surface area contributed by atoms with Crippen LogP contribution in [0.15, 0.2) is 53.2 Å². The van der Waals surface area contributed by atoms with Crippen molar-refractivity contribution in [2.24, 2.45) is 0 Å². The molecule has 7 nitrogen and oxygen atoms in total. The average Bonchev–Trinajstić information content (AvgIpc) is 3.39. The molecule has 12 heteroatoms. The molecule has 4 rings (SSSR count). The molecule has 0 unspecified atom stereocenters. The molecule has 0 aliphatic heterocycles. The van der Waals surface area contributed by atoms with Gasteiger partial charge in [0.15, 0.2) is 11.5 Å². The van der Waals surface area contributed by atoms with Gasteiger partial charge in [0.2, 0.25) is 5.95 Å². The van der Waals surface area contributed by atoms with Gasteiger partial charge < -0.3 is 9.15 Å². The third kappa shape index (κ3) is 5.93. The number of hydrogen-bond donors (Lipinski definition) is 1. The molecular formula is C21H13Cl5N4O3. The van der Waals surface area contributed by atoms with E-state index in [0.29, 0.717) is 27.4 Å². The topological polar surface area (TPSA) is 82.2 Å². The van der Waals surface area contributed by atoms with Gasteiger partial charge in [0.1, 0.15) is 18.7 Å². The number of nitrogens with zero attached hydrogens (tertiary/aromatic N) is 3. The van der Waals surface area contributed by atoms with Crippen molar-refractivity contribution in [3.05, 3.63) is 91.0 Å². The maximum atomic E-state index is 12.5. The molecule has 2 aromatic carbocycles. The summed E-state index contributed by atoms with van der Waals surface area (Å²) in [6, 6.07) is 11.4. The van der Waals surface area contributed by atoms with Crippen LogP contribution in [0, 0.1) is 0 Å². The zero-order chi connectivity index (χ0) is 23.5. The first kappa shape index (κ1) is 23.7. The molecule has 0 aliphatic rings. The fourth-order valence-corrected chi connectivity index (χ4v) is 4.05. The minimum atomic E-state index is -0.518. The van der Waals surface area contributed by atoms with Crippen LogP contribution < -0.4 is 10.1 Å². The molecule has 0 saturated carbocycles. The summed E-state index contributed by atoms with van der Waals surface area (Å²) in [7, 11) is 0. The van der Waals surface area contributed by atoms with E-state index < -0.39 is 5.91 Å². The number of nitrogens with one attached hydrogen (secondary N) is 1. The van der Waals surface area contributed by atoms with Crippen molar-refractivity contribution in [3.63, 3.8) is 0 Å². The number of hydrogen-bond acceptors (Lipinski definition) is 5. The highest BCUT2D eigenvalue weighted by molar-refractivity contribution is 6.42. The lowest BCUT2D eigenvalue weighted by atomic mass is 10.2. The van der Waals surface area contributed by atoms with Gasteiger partial charge in [-0.1, -0.05) is 64.1 Å². The fraction of sp³-hybridized carbons (Fsp3) is 0.0952. The van der Waals surface area contributed by atoms with Crippen LogP contribution >= 0.6 is 58.0 Å². The van der Waals surface area contributed by atoms with Gasteiger partial charge in [0.25, 0.3) is 5.91 Å². The van der Waals surface area contributed by atoms with E-state index in [1.807, 2.05) is 6.07 Å². The number of aromatic nitrogens is 3. The number of rotatable bonds is 7. The Morgan fingerprint density at radius 2 is 1.73 bits per heavy atom. The van der Waals surface area contributed by atoms with Gasteiger partial charge in [0.05, 0.1) is 26.6 Å². The summed E-state index contributed by atoms with van der Waals surface area (Å²) >= 11 is 30.0. The summed E-state index contributed by atoms with van der Waals surface area (Å²) in [5.74, 6) is 0.315. The molecular weight excluding hydrogens is 534 g/mol. The van der Waals surface area contributed by atoms with Crippen LogP contribution in [-0.4, -0.2) is 20.7 Å². The maximum Gasteiger partial charge on any atom is 0.293 e. The predicted octanol–water partition coefficient (Wildman–Crippen LogP) is 7.02. The van der Waals surface area contributed by atoms with Crippen molar-refractivity contribution < 1.29 is 13.9 Å². The third-order valence-corrected chi connectivity index (χ3v) is 5.82. The number of furan rings is 1. The minimum Gasteiger partial charge on any atom is -0.483 e. The Bertz CT molecular complexity index is 1300. The Hall–Kier alpha value is -2.42. The monoisotopic (exact) mass is 544 g/mol. The molecule has 0 bridgehead atoms. The zero-order valence-electron chi connectivity index (χ0n) is 16.5. The molecule has 0 radical (unpaired) electrons. The van der Waals surface area contributed by atoms with Crippen LogP contribution in [0.2, 0.25) is 25.1 Å². The highest BCUT2D eigenvalue weighted by atomic mass is 35.5. The van der Waals surface area contributed by atoms with Gasteiger partial charge in [-0.2, -0.15) is 0 Å². The van der Waals surface area contributed by atoms with E-state index in [1.54, 1.807) is 22.9 Å². The lowest BCUT2D eigenvalue weighted by Crippen LogP contribution is -2.12. The summed E-state index contributed by atoms with van der Waals surface area (Å²) in [4.78, 5) is 16.6. The Kier molecular flexibility index (Phi) is 7.36. The molecule has 170 valence electrons. The Morgan fingerprint density at radius 1 is 0.970 bits per heavy atom. The van der Waals surface area contributed by atoms with E-state index in [9.17, 15) is 4.79 Å². The zero-order valence-corrected chi connectivity index (χ0v) is 20.3. The van der Waals surface area contributed by atoms with Crippen LogP contribution in [0.3, 0.4) is 0 Å². The predicted molar refractivity (Wildman–Crippen MR) is 128 cm³/mol. The normalized spacial score (nSPS) is 10.9. The first-order valence-electron chi connectivity index (χ1n) is 9.29. The van der Waals surface area contributed by atoms with Crippen molar-refractivity contribution in [3.8, 4) is 5.75 Å². The van der Waals surface area contributed by atoms with Gasteiger partial charge in [-0.25, -0.2) is 9.67 Å². The molecule has 1 amide bonds. The number of carbonyl (C=O) groups excluding carboxylic acids is 1. The number of benzene rings is 2. The van der Waals surface area contributed by atoms with Crippen molar-refractivity contribution in [2.75, 3.05) is 5.32 Å². The van der Waals surface area contributed by atoms with Gasteiger partial charge in [0, 0.05) is 5.02 Å². The average molecular weight is 547 g/mol. The molecule has 1 N–H and O–H groups in total. The minimum absolute atomic E-state index is 0.00484. The van der Waals surface area contributed by atoms with Crippen molar-refractivity contribution in [1.82, 2.24) is 14.8 Å². The molecule has 0 atom stereocenters. The first-order valence-corrected chi connectivity index (χ1v) is 11.2. The summed E-state index contributed by atoms with van der Waals surface area (Å²) in [6.45, 7) is 0.405. The SMILES string of the molecule is O=C(Nc1ncn(Cc2ccc(Cl)c(Cl)c2)n1)c1ccc(COc2c(Cl)cc(Cl)cc2Cl)o1. The standard InChI is InChI=1S/C21H13Cl5N4O3/c22-12-6-16(25)19(17(26)7-12)32-9-13-2-4-18(33-13)20(31)28-21-27-10-30(29-21)8-11-1-3-14(23)15(24)5-11/h1-7,10H,8-9H2,(H,28,29,31). The fourth-order valence-electron chi connectivity index (χ4n) is 2.80. The smallest absolute Gasteiger partial charge is 0.293 e. The van der Waals surface area contributed by atoms with Crippen LogP contribution in [-0.2, 0) is 13.2 Å². The highest BCUT2D eigenvalue weighted by Crippen LogP contribution is 2.36. The van der Waals surface area contributed by atoms with Gasteiger partial charge in [-0.3, -0.25) is 10.1 Å². The summed E-state index contributed by atoms with van der Waals surface area (Å²) in [5.41, 5.74) is 0.878. The van der Waals surface area contributed by atoms with Gasteiger partial charge in [-0.15, -0.1) is 5.10 Å². The van der Waals surface area contributed by atoms with Crippen LogP contribution in [0.4, 0.5) is 5.95 Å². The number of amides is 1. The number of halogens is 5. The number of ether oxygens (including phenoxy) is 1. The van der Waals surface area contributed by atoms with E-state index >= 15 is 0 Å². The summed E-state index contributed by atoms with van der Waals surface area (Å²) in [5, 5.41) is 8.63. The molecule has 2 aromatic heterocycles. The Labute approximate surface area is 213 Å². The van der Waals surface area contributed by atoms with Gasteiger partial charge >= 0.3 is 0 Å². The summed E-state index contributed by atoms with van der Waals surface area (Å²) < 4.78 is 12.7. The van der Waals surface area contributed by atoms with E-state index in [1.165, 1.54) is 24.5 Å². The van der Waals surface area contributed by atoms with E-state index in [2.05, 4.69) is 15.4 Å². The van der Waals surface area contributed by atoms with E-state index in [0.717, 1.165) is 5.56 Å². The molecule has 0 aliphatic carbocycles. The maximum absolute atomic E-state index is 12.5. The van der Waals surface area contributed by atoms with E-state index in [-0.39, 0.29) is 34.1 Å². The van der Waals surface area contributed by atoms with Gasteiger partial charge in [-0.05, 0) is 42.0 Å². The second-order valence-electron chi connectivity index (χ2n) is 6.72. The van der Waals surface area contributed by atoms with Crippen LogP contribution in [0.25, 0.3) is 0 Å². The number of anilines is 1. The molecule has 2 heterocycles. The summed E-state index contributed by atoms with van der Waals surface area (Å²) in [6.07, 6.45) is 1.49. The molecule has 0 spiro atoms. The third-order valence-electron chi connectivity index (χ3n) is 4.30. The Morgan fingerprint density at radius 3 is 2.45 bits per heavy atom. The largest absolute Gasteiger partial charge is 0.483 e. The first-order chi connectivity index (χ1) is 15.8. The van der Waals surface area contributed by atoms with E-state index in [4.69, 9.17) is 67.2 Å². The van der Waals surface area contributed by atoms with Crippen molar-refractivity contribution in [2.45, 2.75) is 13.2 Å². The lowest BCUT2D eigenvalue weighted by molar-refractivity contribution is 0.0991. The number of carbonyl (C=O) groups is 1. The van der Waals surface area contributed by atoms with Crippen molar-refractivity contribution in [1.29, 1.82) is 0 Å². The second-order valence-corrected chi connectivity index (χ2v) is 8.79.